The van der Waals surface area contributed by atoms with Crippen LogP contribution in [0.15, 0.2) is 53.5 Å². The third-order valence-electron chi connectivity index (χ3n) is 3.61. The average Bonchev–Trinajstić information content (AvgIpc) is 2.59. The maximum atomic E-state index is 13.1. The van der Waals surface area contributed by atoms with E-state index >= 15 is 0 Å². The van der Waals surface area contributed by atoms with Gasteiger partial charge in [0.1, 0.15) is 5.82 Å². The summed E-state index contributed by atoms with van der Waals surface area (Å²) in [6.07, 6.45) is 0.740. The van der Waals surface area contributed by atoms with Gasteiger partial charge in [-0.1, -0.05) is 36.4 Å². The van der Waals surface area contributed by atoms with Gasteiger partial charge in [-0.05, 0) is 35.2 Å². The van der Waals surface area contributed by atoms with Crippen LogP contribution in [0.5, 0.6) is 0 Å². The van der Waals surface area contributed by atoms with E-state index in [-0.39, 0.29) is 29.8 Å². The number of hydrogen-bond donors (Lipinski definition) is 2. The number of hydrogen-bond acceptors (Lipinski definition) is 2. The first-order valence-corrected chi connectivity index (χ1v) is 7.97. The normalized spacial score (nSPS) is 10.9. The molecule has 0 heterocycles. The highest BCUT2D eigenvalue weighted by molar-refractivity contribution is 14.0. The molecule has 0 aliphatic heterocycles. The third kappa shape index (κ3) is 7.83. The fourth-order valence-electron chi connectivity index (χ4n) is 2.34. The van der Waals surface area contributed by atoms with Gasteiger partial charge in [0.2, 0.25) is 0 Å². The van der Waals surface area contributed by atoms with Crippen LogP contribution in [-0.4, -0.2) is 26.7 Å². The molecule has 2 aromatic carbocycles. The molecule has 25 heavy (non-hydrogen) atoms. The van der Waals surface area contributed by atoms with Gasteiger partial charge in [-0.25, -0.2) is 4.39 Å². The second-order valence-corrected chi connectivity index (χ2v) is 5.48. The smallest absolute Gasteiger partial charge is 0.191 e. The lowest BCUT2D eigenvalue weighted by Crippen LogP contribution is -2.37. The molecule has 4 nitrogen and oxygen atoms in total. The van der Waals surface area contributed by atoms with Gasteiger partial charge in [0.25, 0.3) is 0 Å². The quantitative estimate of drug-likeness (QED) is 0.380. The number of ether oxygens (including phenoxy) is 1. The van der Waals surface area contributed by atoms with Crippen molar-refractivity contribution >= 4 is 29.9 Å². The second-order valence-electron chi connectivity index (χ2n) is 5.48. The largest absolute Gasteiger partial charge is 0.380 e. The fourth-order valence-corrected chi connectivity index (χ4v) is 2.34. The van der Waals surface area contributed by atoms with Gasteiger partial charge < -0.3 is 15.4 Å². The zero-order chi connectivity index (χ0) is 17.2. The molecule has 0 saturated heterocycles. The van der Waals surface area contributed by atoms with E-state index in [4.69, 9.17) is 4.74 Å². The van der Waals surface area contributed by atoms with Crippen molar-refractivity contribution in [3.63, 3.8) is 0 Å². The van der Waals surface area contributed by atoms with Crippen LogP contribution >= 0.6 is 24.0 Å². The predicted molar refractivity (Wildman–Crippen MR) is 111 cm³/mol. The summed E-state index contributed by atoms with van der Waals surface area (Å²) in [7, 11) is 3.42. The zero-order valence-corrected chi connectivity index (χ0v) is 16.9. The first-order chi connectivity index (χ1) is 11.7. The summed E-state index contributed by atoms with van der Waals surface area (Å²) in [6.45, 7) is 2.00. The number of nitrogens with zero attached hydrogens (tertiary/aromatic N) is 1. The molecule has 0 fully saturated rings. The van der Waals surface area contributed by atoms with Crippen molar-refractivity contribution in [3.05, 3.63) is 71.0 Å². The molecule has 2 rings (SSSR count). The van der Waals surface area contributed by atoms with Gasteiger partial charge in [-0.2, -0.15) is 0 Å². The number of methoxy groups -OCH3 is 1. The number of guanidine groups is 1. The van der Waals surface area contributed by atoms with E-state index in [2.05, 4.69) is 39.9 Å². The average molecular weight is 457 g/mol. The molecule has 0 aliphatic rings. The summed E-state index contributed by atoms with van der Waals surface area (Å²) in [5, 5.41) is 6.50. The minimum atomic E-state index is -0.202. The molecule has 0 bridgehead atoms. The van der Waals surface area contributed by atoms with Crippen LogP contribution in [0.2, 0.25) is 0 Å². The van der Waals surface area contributed by atoms with Crippen LogP contribution in [0.25, 0.3) is 0 Å². The molecule has 0 aromatic heterocycles. The first kappa shape index (κ1) is 21.4. The van der Waals surface area contributed by atoms with E-state index < -0.39 is 0 Å². The van der Waals surface area contributed by atoms with E-state index in [1.165, 1.54) is 11.6 Å². The van der Waals surface area contributed by atoms with Crippen molar-refractivity contribution in [1.29, 1.82) is 0 Å². The standard InChI is InChI=1S/C19H24FN3O.HI/c1-21-19(22-11-10-15-4-3-5-18(20)12-15)23-13-16-6-8-17(9-7-16)14-24-2;/h3-9,12H,10-11,13-14H2,1-2H3,(H2,21,22,23);1H. The minimum absolute atomic E-state index is 0. The second kappa shape index (κ2) is 11.8. The molecule has 0 radical (unpaired) electrons. The lowest BCUT2D eigenvalue weighted by molar-refractivity contribution is 0.185. The van der Waals surface area contributed by atoms with Gasteiger partial charge in [0.15, 0.2) is 5.96 Å². The summed E-state index contributed by atoms with van der Waals surface area (Å²) in [6, 6.07) is 14.9. The molecular weight excluding hydrogens is 432 g/mol. The molecule has 0 unspecified atom stereocenters. The van der Waals surface area contributed by atoms with E-state index in [0.717, 1.165) is 23.5 Å². The molecule has 0 atom stereocenters. The van der Waals surface area contributed by atoms with Crippen LogP contribution in [0.4, 0.5) is 4.39 Å². The van der Waals surface area contributed by atoms with Crippen LogP contribution in [0, 0.1) is 5.82 Å². The van der Waals surface area contributed by atoms with Gasteiger partial charge in [0, 0.05) is 27.2 Å². The number of rotatable bonds is 7. The highest BCUT2D eigenvalue weighted by Gasteiger charge is 2.00. The van der Waals surface area contributed by atoms with Crippen molar-refractivity contribution in [2.45, 2.75) is 19.6 Å². The maximum Gasteiger partial charge on any atom is 0.191 e. The number of aliphatic imine (C=N–C) groups is 1. The Morgan fingerprint density at radius 2 is 1.76 bits per heavy atom. The topological polar surface area (TPSA) is 45.7 Å². The highest BCUT2D eigenvalue weighted by atomic mass is 127. The number of nitrogens with one attached hydrogen (secondary N) is 2. The Bertz CT molecular complexity index is 662. The number of benzene rings is 2. The van der Waals surface area contributed by atoms with E-state index in [9.17, 15) is 4.39 Å². The monoisotopic (exact) mass is 457 g/mol. The van der Waals surface area contributed by atoms with Crippen molar-refractivity contribution in [3.8, 4) is 0 Å². The molecule has 2 N–H and O–H groups in total. The molecule has 0 spiro atoms. The zero-order valence-electron chi connectivity index (χ0n) is 14.6. The lowest BCUT2D eigenvalue weighted by atomic mass is 10.1. The van der Waals surface area contributed by atoms with Crippen LogP contribution < -0.4 is 10.6 Å². The van der Waals surface area contributed by atoms with Gasteiger partial charge in [0.05, 0.1) is 6.61 Å². The lowest BCUT2D eigenvalue weighted by Gasteiger charge is -2.12. The SMILES string of the molecule is CN=C(NCCc1cccc(F)c1)NCc1ccc(COC)cc1.I. The summed E-state index contributed by atoms with van der Waals surface area (Å²) in [4.78, 5) is 4.20. The highest BCUT2D eigenvalue weighted by Crippen LogP contribution is 2.05. The Balaban J connectivity index is 0.00000312. The van der Waals surface area contributed by atoms with Crippen molar-refractivity contribution in [2.24, 2.45) is 4.99 Å². The molecule has 0 saturated carbocycles. The molecule has 0 aliphatic carbocycles. The maximum absolute atomic E-state index is 13.1. The minimum Gasteiger partial charge on any atom is -0.380 e. The Hall–Kier alpha value is -1.67. The Morgan fingerprint density at radius 3 is 2.40 bits per heavy atom. The summed E-state index contributed by atoms with van der Waals surface area (Å²) < 4.78 is 18.2. The summed E-state index contributed by atoms with van der Waals surface area (Å²) >= 11 is 0. The molecule has 0 amide bonds. The first-order valence-electron chi connectivity index (χ1n) is 7.97. The van der Waals surface area contributed by atoms with E-state index in [1.807, 2.05) is 6.07 Å². The molecule has 6 heteroatoms. The van der Waals surface area contributed by atoms with Gasteiger partial charge in [-0.3, -0.25) is 4.99 Å². The van der Waals surface area contributed by atoms with Crippen molar-refractivity contribution in [1.82, 2.24) is 10.6 Å². The Labute approximate surface area is 165 Å². The Kier molecular flexibility index (Phi) is 10.1. The number of halogens is 2. The van der Waals surface area contributed by atoms with Crippen molar-refractivity contribution < 1.29 is 9.13 Å². The van der Waals surface area contributed by atoms with E-state index in [1.54, 1.807) is 26.3 Å². The third-order valence-corrected chi connectivity index (χ3v) is 3.61. The van der Waals surface area contributed by atoms with Gasteiger partial charge in [-0.15, -0.1) is 24.0 Å². The van der Waals surface area contributed by atoms with Crippen LogP contribution in [-0.2, 0) is 24.3 Å². The molecular formula is C19H25FIN3O. The fraction of sp³-hybridized carbons (Fsp3) is 0.316. The summed E-state index contributed by atoms with van der Waals surface area (Å²) in [5.74, 6) is 0.527. The van der Waals surface area contributed by atoms with E-state index in [0.29, 0.717) is 19.7 Å². The summed E-state index contributed by atoms with van der Waals surface area (Å²) in [5.41, 5.74) is 3.29. The molecule has 2 aromatic rings. The molecule has 136 valence electrons. The van der Waals surface area contributed by atoms with Crippen LogP contribution in [0.3, 0.4) is 0 Å². The van der Waals surface area contributed by atoms with Crippen LogP contribution in [0.1, 0.15) is 16.7 Å². The van der Waals surface area contributed by atoms with Gasteiger partial charge >= 0.3 is 0 Å². The Morgan fingerprint density at radius 1 is 1.04 bits per heavy atom. The van der Waals surface area contributed by atoms with Crippen molar-refractivity contribution in [2.75, 3.05) is 20.7 Å². The predicted octanol–water partition coefficient (Wildman–Crippen LogP) is 3.50.